The van der Waals surface area contributed by atoms with Crippen molar-refractivity contribution < 1.29 is 22.7 Å². The molecule has 166 valence electrons. The number of benzene rings is 2. The third-order valence-electron chi connectivity index (χ3n) is 5.51. The maximum Gasteiger partial charge on any atom is 0.263 e. The van der Waals surface area contributed by atoms with Crippen molar-refractivity contribution in [2.24, 2.45) is 0 Å². The van der Waals surface area contributed by atoms with Gasteiger partial charge in [-0.15, -0.1) is 0 Å². The number of sulfonamides is 1. The van der Waals surface area contributed by atoms with Crippen LogP contribution in [0.15, 0.2) is 48.5 Å². The van der Waals surface area contributed by atoms with Crippen LogP contribution in [0.1, 0.15) is 12.5 Å². The van der Waals surface area contributed by atoms with Crippen LogP contribution >= 0.6 is 0 Å². The van der Waals surface area contributed by atoms with Crippen LogP contribution in [0.4, 0.5) is 11.4 Å². The lowest BCUT2D eigenvalue weighted by molar-refractivity contribution is -0.127. The molecule has 0 spiro atoms. The van der Waals surface area contributed by atoms with E-state index in [1.807, 2.05) is 24.3 Å². The van der Waals surface area contributed by atoms with Crippen LogP contribution in [-0.2, 0) is 26.1 Å². The second-order valence-electron chi connectivity index (χ2n) is 7.49. The Bertz CT molecular complexity index is 1020. The Labute approximate surface area is 182 Å². The highest BCUT2D eigenvalue weighted by atomic mass is 32.2. The summed E-state index contributed by atoms with van der Waals surface area (Å²) in [4.78, 5) is 15.0. The van der Waals surface area contributed by atoms with Crippen LogP contribution < -0.4 is 19.3 Å². The van der Waals surface area contributed by atoms with Crippen LogP contribution in [0.25, 0.3) is 0 Å². The number of nitrogens with zero attached hydrogens (tertiary/aromatic N) is 2. The fraction of sp³-hybridized carbons (Fsp3) is 0.409. The van der Waals surface area contributed by atoms with E-state index in [1.54, 1.807) is 31.2 Å². The molecule has 1 N–H and O–H groups in total. The molecule has 2 aromatic rings. The van der Waals surface area contributed by atoms with Gasteiger partial charge in [-0.05, 0) is 36.8 Å². The second kappa shape index (κ2) is 9.15. The monoisotopic (exact) mass is 445 g/mol. The Hall–Kier alpha value is -2.78. The average Bonchev–Trinajstić information content (AvgIpc) is 2.82. The summed E-state index contributed by atoms with van der Waals surface area (Å²) in [7, 11) is -3.52. The normalized spacial score (nSPS) is 18.8. The molecule has 0 aromatic heterocycles. The van der Waals surface area contributed by atoms with E-state index < -0.39 is 16.1 Å². The number of amides is 1. The van der Waals surface area contributed by atoms with Gasteiger partial charge in [0.1, 0.15) is 5.75 Å². The zero-order chi connectivity index (χ0) is 21.8. The van der Waals surface area contributed by atoms with Gasteiger partial charge in [0, 0.05) is 25.3 Å². The lowest BCUT2D eigenvalue weighted by Crippen LogP contribution is -2.50. The highest BCUT2D eigenvalue weighted by Gasteiger charge is 2.35. The molecule has 0 unspecified atom stereocenters. The van der Waals surface area contributed by atoms with E-state index in [2.05, 4.69) is 10.2 Å². The Morgan fingerprint density at radius 1 is 1.10 bits per heavy atom. The van der Waals surface area contributed by atoms with Gasteiger partial charge in [0.15, 0.2) is 6.10 Å². The summed E-state index contributed by atoms with van der Waals surface area (Å²) in [5.74, 6) is -0.00520. The van der Waals surface area contributed by atoms with Crippen molar-refractivity contribution in [2.45, 2.75) is 19.6 Å². The molecular formula is C22H27N3O5S. The van der Waals surface area contributed by atoms with Gasteiger partial charge in [-0.3, -0.25) is 9.10 Å². The summed E-state index contributed by atoms with van der Waals surface area (Å²) in [6, 6.07) is 14.9. The van der Waals surface area contributed by atoms with Gasteiger partial charge >= 0.3 is 0 Å². The fourth-order valence-corrected chi connectivity index (χ4v) is 4.83. The number of rotatable bonds is 6. The summed E-state index contributed by atoms with van der Waals surface area (Å²) in [6.07, 6.45) is -0.913. The molecule has 0 saturated carbocycles. The summed E-state index contributed by atoms with van der Waals surface area (Å²) < 4.78 is 37.6. The molecule has 31 heavy (non-hydrogen) atoms. The van der Waals surface area contributed by atoms with E-state index in [0.29, 0.717) is 18.0 Å². The SMILES string of the molecule is CCS(=O)(=O)N1C[C@@H](C(=O)NCc2ccc(N3CCOCC3)cc2)Oc2ccccc21. The number of hydrogen-bond donors (Lipinski definition) is 1. The second-order valence-corrected chi connectivity index (χ2v) is 9.67. The van der Waals surface area contributed by atoms with Gasteiger partial charge < -0.3 is 19.7 Å². The first-order valence-electron chi connectivity index (χ1n) is 10.4. The molecule has 8 nitrogen and oxygen atoms in total. The molecule has 2 aliphatic rings. The third-order valence-corrected chi connectivity index (χ3v) is 7.25. The predicted molar refractivity (Wildman–Crippen MR) is 119 cm³/mol. The Morgan fingerprint density at radius 3 is 2.52 bits per heavy atom. The van der Waals surface area contributed by atoms with E-state index >= 15 is 0 Å². The topological polar surface area (TPSA) is 88.2 Å². The average molecular weight is 446 g/mol. The van der Waals surface area contributed by atoms with E-state index in [4.69, 9.17) is 9.47 Å². The van der Waals surface area contributed by atoms with Crippen molar-refractivity contribution in [3.63, 3.8) is 0 Å². The van der Waals surface area contributed by atoms with Gasteiger partial charge in [-0.1, -0.05) is 24.3 Å². The van der Waals surface area contributed by atoms with E-state index in [9.17, 15) is 13.2 Å². The quantitative estimate of drug-likeness (QED) is 0.729. The van der Waals surface area contributed by atoms with Gasteiger partial charge in [0.2, 0.25) is 10.0 Å². The lowest BCUT2D eigenvalue weighted by atomic mass is 10.1. The number of carbonyl (C=O) groups is 1. The standard InChI is InChI=1S/C22H27N3O5S/c1-2-31(27,28)25-16-21(30-20-6-4-3-5-19(20)25)22(26)23-15-17-7-9-18(10-8-17)24-11-13-29-14-12-24/h3-10,21H,2,11-16H2,1H3,(H,23,26)/t21-/m0/s1. The first kappa shape index (κ1) is 21.5. The minimum Gasteiger partial charge on any atom is -0.476 e. The van der Waals surface area contributed by atoms with Gasteiger partial charge in [0.25, 0.3) is 5.91 Å². The van der Waals surface area contributed by atoms with Crippen LogP contribution in [0.2, 0.25) is 0 Å². The minimum atomic E-state index is -3.52. The number of hydrogen-bond acceptors (Lipinski definition) is 6. The molecule has 1 saturated heterocycles. The number of nitrogens with one attached hydrogen (secondary N) is 1. The van der Waals surface area contributed by atoms with E-state index in [1.165, 1.54) is 4.31 Å². The smallest absolute Gasteiger partial charge is 0.263 e. The summed E-state index contributed by atoms with van der Waals surface area (Å²) in [5.41, 5.74) is 2.55. The maximum absolute atomic E-state index is 12.8. The zero-order valence-electron chi connectivity index (χ0n) is 17.5. The predicted octanol–water partition coefficient (Wildman–Crippen LogP) is 1.76. The number of fused-ring (bicyclic) bond motifs is 1. The highest BCUT2D eigenvalue weighted by molar-refractivity contribution is 7.92. The molecular weight excluding hydrogens is 418 g/mol. The number of ether oxygens (including phenoxy) is 2. The molecule has 4 rings (SSSR count). The zero-order valence-corrected chi connectivity index (χ0v) is 18.3. The lowest BCUT2D eigenvalue weighted by Gasteiger charge is -2.34. The molecule has 0 radical (unpaired) electrons. The summed E-state index contributed by atoms with van der Waals surface area (Å²) in [6.45, 7) is 5.07. The Balaban J connectivity index is 1.40. The van der Waals surface area contributed by atoms with Crippen LogP contribution in [0, 0.1) is 0 Å². The van der Waals surface area contributed by atoms with Crippen LogP contribution in [0.3, 0.4) is 0 Å². The summed E-state index contributed by atoms with van der Waals surface area (Å²) in [5, 5.41) is 2.87. The van der Waals surface area contributed by atoms with Gasteiger partial charge in [-0.25, -0.2) is 8.42 Å². The molecule has 2 heterocycles. The number of anilines is 2. The number of morpholine rings is 1. The van der Waals surface area contributed by atoms with Crippen LogP contribution in [-0.4, -0.2) is 59.0 Å². The highest BCUT2D eigenvalue weighted by Crippen LogP contribution is 2.35. The number of carbonyl (C=O) groups excluding carboxylic acids is 1. The van der Waals surface area contributed by atoms with Gasteiger partial charge in [-0.2, -0.15) is 0 Å². The number of para-hydroxylation sites is 2. The van der Waals surface area contributed by atoms with Crippen molar-refractivity contribution >= 4 is 27.3 Å². The third kappa shape index (κ3) is 4.77. The van der Waals surface area contributed by atoms with Crippen molar-refractivity contribution in [3.8, 4) is 5.75 Å². The molecule has 9 heteroatoms. The summed E-state index contributed by atoms with van der Waals surface area (Å²) >= 11 is 0. The molecule has 1 amide bonds. The van der Waals surface area contributed by atoms with Crippen LogP contribution in [0.5, 0.6) is 5.75 Å². The molecule has 0 bridgehead atoms. The molecule has 1 fully saturated rings. The molecule has 2 aromatic carbocycles. The Kier molecular flexibility index (Phi) is 6.33. The maximum atomic E-state index is 12.8. The minimum absolute atomic E-state index is 0.0466. The van der Waals surface area contributed by atoms with Gasteiger partial charge in [0.05, 0.1) is 31.2 Å². The molecule has 0 aliphatic carbocycles. The van der Waals surface area contributed by atoms with Crippen molar-refractivity contribution in [3.05, 3.63) is 54.1 Å². The van der Waals surface area contributed by atoms with Crippen molar-refractivity contribution in [1.29, 1.82) is 0 Å². The largest absolute Gasteiger partial charge is 0.476 e. The first-order valence-corrected chi connectivity index (χ1v) is 12.0. The van der Waals surface area contributed by atoms with E-state index in [0.717, 1.165) is 37.6 Å². The fourth-order valence-electron chi connectivity index (χ4n) is 3.71. The molecule has 1 atom stereocenters. The Morgan fingerprint density at radius 2 is 1.81 bits per heavy atom. The van der Waals surface area contributed by atoms with E-state index in [-0.39, 0.29) is 18.2 Å². The van der Waals surface area contributed by atoms with Crippen molar-refractivity contribution in [1.82, 2.24) is 5.32 Å². The first-order chi connectivity index (χ1) is 15.0. The molecule has 2 aliphatic heterocycles. The van der Waals surface area contributed by atoms with Crippen molar-refractivity contribution in [2.75, 3.05) is 47.8 Å².